The van der Waals surface area contributed by atoms with Gasteiger partial charge in [-0.15, -0.1) is 0 Å². The number of carboxylic acids is 1. The fraction of sp³-hybridized carbons (Fsp3) is 0.667. The van der Waals surface area contributed by atoms with Crippen molar-refractivity contribution in [1.29, 1.82) is 0 Å². The molecule has 0 saturated heterocycles. The predicted molar refractivity (Wildman–Crippen MR) is 83.7 cm³/mol. The second-order valence-electron chi connectivity index (χ2n) is 6.58. The summed E-state index contributed by atoms with van der Waals surface area (Å²) in [5, 5.41) is 19.4. The van der Waals surface area contributed by atoms with E-state index in [1.807, 2.05) is 6.92 Å². The second kappa shape index (κ2) is 5.68. The van der Waals surface area contributed by atoms with Crippen molar-refractivity contribution >= 4 is 27.8 Å². The molecular weight excluding hydrogens is 350 g/mol. The summed E-state index contributed by atoms with van der Waals surface area (Å²) in [6, 6.07) is 0. The van der Waals surface area contributed by atoms with Crippen LogP contribution >= 0.6 is 15.9 Å². The number of aromatic nitrogens is 2. The number of halogens is 1. The quantitative estimate of drug-likeness (QED) is 0.760. The fourth-order valence-corrected chi connectivity index (χ4v) is 4.01. The van der Waals surface area contributed by atoms with Crippen LogP contribution in [0.5, 0.6) is 0 Å². The molecule has 2 fully saturated rings. The van der Waals surface area contributed by atoms with E-state index in [0.29, 0.717) is 28.9 Å². The molecule has 0 aromatic carbocycles. The number of nitrogens with zero attached hydrogens (tertiary/aromatic N) is 1. The molecular formula is C15H20BrN3O3. The number of nitrogens with one attached hydrogen (secondary N) is 2. The van der Waals surface area contributed by atoms with Gasteiger partial charge in [-0.25, -0.2) is 0 Å². The van der Waals surface area contributed by atoms with Crippen LogP contribution in [0, 0.1) is 5.92 Å². The predicted octanol–water partition coefficient (Wildman–Crippen LogP) is 2.81. The topological polar surface area (TPSA) is 95.1 Å². The van der Waals surface area contributed by atoms with Gasteiger partial charge < -0.3 is 10.4 Å². The molecule has 7 heteroatoms. The van der Waals surface area contributed by atoms with Crippen LogP contribution in [0.3, 0.4) is 0 Å². The maximum absolute atomic E-state index is 12.5. The number of rotatable bonds is 4. The van der Waals surface area contributed by atoms with E-state index < -0.39 is 17.4 Å². The highest BCUT2D eigenvalue weighted by Gasteiger charge is 2.43. The number of hydrogen-bond donors (Lipinski definition) is 3. The first-order valence-electron chi connectivity index (χ1n) is 7.71. The molecule has 1 aromatic rings. The van der Waals surface area contributed by atoms with Gasteiger partial charge in [-0.3, -0.25) is 14.7 Å². The monoisotopic (exact) mass is 369 g/mol. The maximum Gasteiger partial charge on any atom is 0.308 e. The van der Waals surface area contributed by atoms with E-state index in [9.17, 15) is 14.7 Å². The molecule has 1 amide bonds. The Kier molecular flexibility index (Phi) is 4.01. The van der Waals surface area contributed by atoms with Crippen LogP contribution in [0.1, 0.15) is 67.5 Å². The van der Waals surface area contributed by atoms with Crippen molar-refractivity contribution in [3.8, 4) is 0 Å². The summed E-state index contributed by atoms with van der Waals surface area (Å²) < 4.78 is 0.707. The Balaban J connectivity index is 1.79. The van der Waals surface area contributed by atoms with Gasteiger partial charge in [0.25, 0.3) is 5.91 Å². The minimum absolute atomic E-state index is 0.314. The minimum atomic E-state index is -0.845. The molecule has 0 radical (unpaired) electrons. The molecule has 2 unspecified atom stereocenters. The normalized spacial score (nSPS) is 28.4. The van der Waals surface area contributed by atoms with Gasteiger partial charge in [0.1, 0.15) is 0 Å². The Labute approximate surface area is 137 Å². The van der Waals surface area contributed by atoms with Crippen LogP contribution in [0.4, 0.5) is 0 Å². The molecule has 2 saturated carbocycles. The summed E-state index contributed by atoms with van der Waals surface area (Å²) in [7, 11) is 0. The number of hydrogen-bond acceptors (Lipinski definition) is 3. The lowest BCUT2D eigenvalue weighted by Crippen LogP contribution is -2.55. The molecule has 3 rings (SSSR count). The van der Waals surface area contributed by atoms with E-state index in [0.717, 1.165) is 31.4 Å². The van der Waals surface area contributed by atoms with Gasteiger partial charge in [-0.05, 0) is 48.5 Å². The van der Waals surface area contributed by atoms with Gasteiger partial charge in [-0.1, -0.05) is 12.8 Å². The van der Waals surface area contributed by atoms with Crippen LogP contribution in [0.2, 0.25) is 0 Å². The summed E-state index contributed by atoms with van der Waals surface area (Å²) in [5.41, 5.74) is 0.561. The highest BCUT2D eigenvalue weighted by molar-refractivity contribution is 9.10. The summed E-state index contributed by atoms with van der Waals surface area (Å²) in [6.07, 6.45) is 5.31. The first-order chi connectivity index (χ1) is 10.4. The minimum Gasteiger partial charge on any atom is -0.481 e. The number of aromatic amines is 1. The molecule has 2 atom stereocenters. The molecule has 0 aliphatic heterocycles. The van der Waals surface area contributed by atoms with E-state index in [-0.39, 0.29) is 5.91 Å². The number of aliphatic carboxylic acids is 1. The Hall–Kier alpha value is -1.37. The zero-order chi connectivity index (χ0) is 15.9. The Morgan fingerprint density at radius 1 is 1.36 bits per heavy atom. The zero-order valence-corrected chi connectivity index (χ0v) is 14.1. The van der Waals surface area contributed by atoms with Crippen molar-refractivity contribution in [1.82, 2.24) is 15.5 Å². The lowest BCUT2D eigenvalue weighted by molar-refractivity contribution is -0.145. The first-order valence-corrected chi connectivity index (χ1v) is 8.51. The maximum atomic E-state index is 12.5. The van der Waals surface area contributed by atoms with Crippen LogP contribution < -0.4 is 5.32 Å². The van der Waals surface area contributed by atoms with Gasteiger partial charge in [0, 0.05) is 5.92 Å². The lowest BCUT2D eigenvalue weighted by Gasteiger charge is -2.39. The van der Waals surface area contributed by atoms with Gasteiger partial charge in [-0.2, -0.15) is 5.10 Å². The second-order valence-corrected chi connectivity index (χ2v) is 7.38. The lowest BCUT2D eigenvalue weighted by atomic mass is 9.74. The van der Waals surface area contributed by atoms with E-state index in [2.05, 4.69) is 31.4 Å². The van der Waals surface area contributed by atoms with Crippen molar-refractivity contribution in [2.75, 3.05) is 0 Å². The van der Waals surface area contributed by atoms with E-state index in [1.54, 1.807) is 0 Å². The van der Waals surface area contributed by atoms with Crippen LogP contribution in [0.15, 0.2) is 4.47 Å². The van der Waals surface area contributed by atoms with Crippen molar-refractivity contribution < 1.29 is 14.7 Å². The number of amides is 1. The third-order valence-corrected chi connectivity index (χ3v) is 5.64. The third-order valence-electron chi connectivity index (χ3n) is 4.84. The first kappa shape index (κ1) is 15.5. The van der Waals surface area contributed by atoms with Crippen molar-refractivity contribution in [3.63, 3.8) is 0 Å². The average molecular weight is 370 g/mol. The van der Waals surface area contributed by atoms with Crippen molar-refractivity contribution in [2.24, 2.45) is 5.92 Å². The van der Waals surface area contributed by atoms with Crippen molar-refractivity contribution in [2.45, 2.75) is 56.9 Å². The molecule has 6 nitrogen and oxygen atoms in total. The third kappa shape index (κ3) is 2.78. The van der Waals surface area contributed by atoms with Gasteiger partial charge in [0.2, 0.25) is 0 Å². The zero-order valence-electron chi connectivity index (χ0n) is 12.5. The Bertz CT molecular complexity index is 611. The van der Waals surface area contributed by atoms with Crippen LogP contribution in [-0.2, 0) is 4.79 Å². The van der Waals surface area contributed by atoms with Gasteiger partial charge in [0.15, 0.2) is 5.69 Å². The van der Waals surface area contributed by atoms with Crippen molar-refractivity contribution in [3.05, 3.63) is 15.9 Å². The van der Waals surface area contributed by atoms with E-state index in [4.69, 9.17) is 0 Å². The molecule has 2 aliphatic rings. The summed E-state index contributed by atoms with van der Waals surface area (Å²) in [6.45, 7) is 1.82. The number of carbonyl (C=O) groups excluding carboxylic acids is 1. The Morgan fingerprint density at radius 2 is 2.09 bits per heavy atom. The summed E-state index contributed by atoms with van der Waals surface area (Å²) >= 11 is 3.45. The van der Waals surface area contributed by atoms with Gasteiger partial charge in [0.05, 0.1) is 21.6 Å². The summed E-state index contributed by atoms with van der Waals surface area (Å²) in [4.78, 5) is 24.0. The molecule has 22 heavy (non-hydrogen) atoms. The number of carbonyl (C=O) groups is 2. The van der Waals surface area contributed by atoms with E-state index in [1.165, 1.54) is 0 Å². The number of H-pyrrole nitrogens is 1. The molecule has 0 bridgehead atoms. The van der Waals surface area contributed by atoms with E-state index >= 15 is 0 Å². The van der Waals surface area contributed by atoms with Crippen LogP contribution in [0.25, 0.3) is 0 Å². The average Bonchev–Trinajstić information content (AvgIpc) is 3.21. The molecule has 1 aromatic heterocycles. The molecule has 2 aliphatic carbocycles. The smallest absolute Gasteiger partial charge is 0.308 e. The number of carboxylic acid groups (broad SMARTS) is 1. The highest BCUT2D eigenvalue weighted by Crippen LogP contribution is 2.43. The molecule has 3 N–H and O–H groups in total. The van der Waals surface area contributed by atoms with Crippen LogP contribution in [-0.4, -0.2) is 32.7 Å². The molecule has 120 valence electrons. The van der Waals surface area contributed by atoms with Gasteiger partial charge >= 0.3 is 5.97 Å². The Morgan fingerprint density at radius 3 is 2.73 bits per heavy atom. The SMILES string of the molecule is CC1(NC(=O)c2n[nH]c(C3CC3)c2Br)CCCCC1C(=O)O. The molecule has 0 spiro atoms. The fourth-order valence-electron chi connectivity index (χ4n) is 3.33. The largest absolute Gasteiger partial charge is 0.481 e. The highest BCUT2D eigenvalue weighted by atomic mass is 79.9. The molecule has 1 heterocycles. The standard InChI is InChI=1S/C15H20BrN3O3/c1-15(7-3-2-4-9(15)14(21)22)17-13(20)12-10(16)11(18-19-12)8-5-6-8/h8-9H,2-7H2,1H3,(H,17,20)(H,18,19)(H,21,22). The summed E-state index contributed by atoms with van der Waals surface area (Å²) in [5.74, 6) is -1.25.